The van der Waals surface area contributed by atoms with Crippen LogP contribution in [0, 0.1) is 24.8 Å². The lowest BCUT2D eigenvalue weighted by molar-refractivity contribution is 0.496. The average molecular weight is 515 g/mol. The molecule has 0 unspecified atom stereocenters. The molecule has 0 spiro atoms. The van der Waals surface area contributed by atoms with Crippen molar-refractivity contribution in [1.29, 1.82) is 5.26 Å². The van der Waals surface area contributed by atoms with E-state index in [0.717, 1.165) is 11.1 Å². The average Bonchev–Trinajstić information content (AvgIpc) is 3.11. The van der Waals surface area contributed by atoms with Crippen LogP contribution >= 0.6 is 0 Å². The number of nitrogens with zero attached hydrogens (tertiary/aromatic N) is 2. The van der Waals surface area contributed by atoms with Crippen molar-refractivity contribution in [2.75, 3.05) is 0 Å². The molecule has 0 amide bonds. The van der Waals surface area contributed by atoms with Crippen molar-refractivity contribution < 1.29 is 8.42 Å². The lowest BCUT2D eigenvalue weighted by atomic mass is 9.86. The molecule has 0 N–H and O–H groups in total. The quantitative estimate of drug-likeness (QED) is 0.161. The smallest absolute Gasteiger partial charge is 0.226 e. The standard InChI is InChI=1S/C32H38N2O2S/c1-5-7-9-11-15-25(16-12-10-8-6-2)27-20-19-26(24(3)21-27)22-31-32(29(23-33)34-4)28-17-13-14-18-30(28)37(31,35)36/h13-14,17-22,25H,5-12,15-16H2,1-3H3/b31-22-,32-29?. The summed E-state index contributed by atoms with van der Waals surface area (Å²) in [6.07, 6.45) is 14.0. The molecule has 4 nitrogen and oxygen atoms in total. The molecule has 0 saturated heterocycles. The lowest BCUT2D eigenvalue weighted by Crippen LogP contribution is -2.02. The second-order valence-electron chi connectivity index (χ2n) is 9.97. The maximum absolute atomic E-state index is 13.4. The molecule has 1 heterocycles. The third-order valence-electron chi connectivity index (χ3n) is 7.30. The van der Waals surface area contributed by atoms with Crippen LogP contribution in [0.5, 0.6) is 0 Å². The Hall–Kier alpha value is -3.15. The van der Waals surface area contributed by atoms with Gasteiger partial charge in [0.1, 0.15) is 0 Å². The largest absolute Gasteiger partial charge is 0.270 e. The van der Waals surface area contributed by atoms with E-state index in [0.29, 0.717) is 11.5 Å². The van der Waals surface area contributed by atoms with Crippen LogP contribution < -0.4 is 0 Å². The highest BCUT2D eigenvalue weighted by Crippen LogP contribution is 2.45. The van der Waals surface area contributed by atoms with Gasteiger partial charge in [-0.15, -0.1) is 0 Å². The van der Waals surface area contributed by atoms with E-state index in [1.54, 1.807) is 30.3 Å². The molecule has 2 aromatic carbocycles. The van der Waals surface area contributed by atoms with Crippen LogP contribution in [0.15, 0.2) is 58.0 Å². The van der Waals surface area contributed by atoms with Crippen molar-refractivity contribution in [3.8, 4) is 6.07 Å². The Kier molecular flexibility index (Phi) is 10.3. The molecule has 0 radical (unpaired) electrons. The molecule has 3 rings (SSSR count). The molecule has 5 heteroatoms. The van der Waals surface area contributed by atoms with Gasteiger partial charge in [0.05, 0.1) is 22.4 Å². The van der Waals surface area contributed by atoms with Crippen LogP contribution in [0.1, 0.15) is 106 Å². The molecule has 0 aromatic heterocycles. The van der Waals surface area contributed by atoms with Gasteiger partial charge >= 0.3 is 0 Å². The first kappa shape index (κ1) is 28.4. The van der Waals surface area contributed by atoms with E-state index in [9.17, 15) is 13.7 Å². The van der Waals surface area contributed by atoms with Gasteiger partial charge in [0.25, 0.3) is 5.70 Å². The predicted octanol–water partition coefficient (Wildman–Crippen LogP) is 9.00. The second-order valence-corrected chi connectivity index (χ2v) is 11.9. The van der Waals surface area contributed by atoms with Gasteiger partial charge in [-0.1, -0.05) is 102 Å². The number of allylic oxidation sites excluding steroid dienone is 2. The topological polar surface area (TPSA) is 62.3 Å². The van der Waals surface area contributed by atoms with Crippen molar-refractivity contribution in [3.63, 3.8) is 0 Å². The third-order valence-corrected chi connectivity index (χ3v) is 9.14. The molecule has 0 saturated carbocycles. The first-order valence-electron chi connectivity index (χ1n) is 13.6. The van der Waals surface area contributed by atoms with Gasteiger partial charge in [-0.3, -0.25) is 0 Å². The molecular formula is C32H38N2O2S. The summed E-state index contributed by atoms with van der Waals surface area (Å²) in [5, 5.41) is 9.58. The molecule has 0 atom stereocenters. The second kappa shape index (κ2) is 13.4. The Morgan fingerprint density at radius 1 is 1.00 bits per heavy atom. The number of benzene rings is 2. The van der Waals surface area contributed by atoms with Gasteiger partial charge < -0.3 is 0 Å². The lowest BCUT2D eigenvalue weighted by Gasteiger charge is -2.19. The Labute approximate surface area is 223 Å². The molecule has 0 bridgehead atoms. The van der Waals surface area contributed by atoms with Gasteiger partial charge in [-0.05, 0) is 60.1 Å². The Morgan fingerprint density at radius 2 is 1.65 bits per heavy atom. The summed E-state index contributed by atoms with van der Waals surface area (Å²) in [6, 6.07) is 14.9. The summed E-state index contributed by atoms with van der Waals surface area (Å²) in [4.78, 5) is 3.54. The van der Waals surface area contributed by atoms with Crippen molar-refractivity contribution in [2.45, 2.75) is 95.8 Å². The fraction of sp³-hybridized carbons (Fsp3) is 0.438. The van der Waals surface area contributed by atoms with E-state index in [4.69, 9.17) is 6.57 Å². The van der Waals surface area contributed by atoms with E-state index in [1.165, 1.54) is 69.8 Å². The number of sulfone groups is 1. The van der Waals surface area contributed by atoms with Crippen LogP contribution in [0.3, 0.4) is 0 Å². The fourth-order valence-electron chi connectivity index (χ4n) is 5.19. The monoisotopic (exact) mass is 514 g/mol. The first-order chi connectivity index (χ1) is 17.9. The van der Waals surface area contributed by atoms with E-state index in [2.05, 4.69) is 30.8 Å². The van der Waals surface area contributed by atoms with Crippen molar-refractivity contribution in [1.82, 2.24) is 0 Å². The highest BCUT2D eigenvalue weighted by molar-refractivity contribution is 7.96. The van der Waals surface area contributed by atoms with Crippen LogP contribution in [0.4, 0.5) is 0 Å². The SMILES string of the molecule is [C-]#[N+]C(C#N)=C1/C(=C/c2ccc(C(CCCCCC)CCCCCC)cc2C)S(=O)(=O)c2ccccc21. The van der Waals surface area contributed by atoms with Crippen molar-refractivity contribution in [3.05, 3.63) is 86.7 Å². The highest BCUT2D eigenvalue weighted by atomic mass is 32.2. The molecule has 194 valence electrons. The number of unbranched alkanes of at least 4 members (excludes halogenated alkanes) is 6. The van der Waals surface area contributed by atoms with E-state index in [1.807, 2.05) is 19.1 Å². The maximum Gasteiger partial charge on any atom is 0.270 e. The zero-order valence-corrected chi connectivity index (χ0v) is 23.2. The first-order valence-corrected chi connectivity index (χ1v) is 15.1. The number of hydrogen-bond donors (Lipinski definition) is 0. The zero-order valence-electron chi connectivity index (χ0n) is 22.4. The van der Waals surface area contributed by atoms with Crippen LogP contribution in [-0.2, 0) is 9.84 Å². The van der Waals surface area contributed by atoms with Crippen molar-refractivity contribution in [2.24, 2.45) is 0 Å². The molecule has 0 aliphatic carbocycles. The molecule has 1 aliphatic heterocycles. The predicted molar refractivity (Wildman–Crippen MR) is 152 cm³/mol. The van der Waals surface area contributed by atoms with Crippen molar-refractivity contribution >= 4 is 21.5 Å². The van der Waals surface area contributed by atoms with E-state index >= 15 is 0 Å². The maximum atomic E-state index is 13.4. The molecule has 0 fully saturated rings. The Morgan fingerprint density at radius 3 is 2.22 bits per heavy atom. The van der Waals surface area contributed by atoms with Gasteiger partial charge in [0.2, 0.25) is 9.84 Å². The summed E-state index contributed by atoms with van der Waals surface area (Å²) < 4.78 is 26.9. The Balaban J connectivity index is 1.99. The summed E-state index contributed by atoms with van der Waals surface area (Å²) in [7, 11) is -3.83. The molecule has 1 aliphatic rings. The number of rotatable bonds is 12. The molecule has 37 heavy (non-hydrogen) atoms. The normalized spacial score (nSPS) is 16.4. The third kappa shape index (κ3) is 6.60. The van der Waals surface area contributed by atoms with Crippen LogP contribution in [0.25, 0.3) is 16.5 Å². The number of fused-ring (bicyclic) bond motifs is 1. The van der Waals surface area contributed by atoms with E-state index in [-0.39, 0.29) is 21.1 Å². The Bertz CT molecular complexity index is 1330. The minimum atomic E-state index is -3.83. The fourth-order valence-corrected chi connectivity index (χ4v) is 6.90. The van der Waals surface area contributed by atoms with E-state index < -0.39 is 9.84 Å². The summed E-state index contributed by atoms with van der Waals surface area (Å²) >= 11 is 0. The van der Waals surface area contributed by atoms with Gasteiger partial charge in [0.15, 0.2) is 0 Å². The minimum Gasteiger partial charge on any atom is -0.226 e. The highest BCUT2D eigenvalue weighted by Gasteiger charge is 2.37. The van der Waals surface area contributed by atoms with Gasteiger partial charge in [-0.2, -0.15) is 0 Å². The summed E-state index contributed by atoms with van der Waals surface area (Å²) in [6.45, 7) is 14.0. The van der Waals surface area contributed by atoms with Crippen LogP contribution in [0.2, 0.25) is 0 Å². The summed E-state index contributed by atoms with van der Waals surface area (Å²) in [5.74, 6) is 0.511. The minimum absolute atomic E-state index is 0.0350. The molecular weight excluding hydrogens is 476 g/mol. The number of nitriles is 1. The molecule has 2 aromatic rings. The van der Waals surface area contributed by atoms with Gasteiger partial charge in [-0.25, -0.2) is 18.5 Å². The van der Waals surface area contributed by atoms with Crippen LogP contribution in [-0.4, -0.2) is 8.42 Å². The zero-order chi connectivity index (χ0) is 26.8. The summed E-state index contributed by atoms with van der Waals surface area (Å²) in [5.41, 5.74) is 3.55. The number of aryl methyl sites for hydroxylation is 1. The van der Waals surface area contributed by atoms with Gasteiger partial charge in [0, 0.05) is 5.57 Å². The number of hydrogen-bond acceptors (Lipinski definition) is 3.